The highest BCUT2D eigenvalue weighted by molar-refractivity contribution is 5.84. The molecular formula is C20H19N5O7. The molecule has 1 fully saturated rings. The van der Waals surface area contributed by atoms with E-state index >= 15 is 0 Å². The second-order valence-electron chi connectivity index (χ2n) is 7.27. The van der Waals surface area contributed by atoms with Gasteiger partial charge in [0.05, 0.1) is 18.5 Å². The number of hydrogen-bond donors (Lipinski definition) is 4. The molecule has 2 aromatic carbocycles. The lowest BCUT2D eigenvalue weighted by molar-refractivity contribution is -0.280. The molecule has 3 heterocycles. The molecular weight excluding hydrogens is 422 g/mol. The predicted octanol–water partition coefficient (Wildman–Crippen LogP) is -0.351. The Bertz CT molecular complexity index is 1230. The van der Waals surface area contributed by atoms with E-state index in [0.29, 0.717) is 0 Å². The number of benzene rings is 2. The van der Waals surface area contributed by atoms with Gasteiger partial charge in [-0.3, -0.25) is 0 Å². The van der Waals surface area contributed by atoms with Gasteiger partial charge >= 0.3 is 6.08 Å². The summed E-state index contributed by atoms with van der Waals surface area (Å²) in [5.74, 6) is 0.0108. The van der Waals surface area contributed by atoms with E-state index in [1.165, 1.54) is 0 Å². The number of ether oxygens (including phenoxy) is 2. The van der Waals surface area contributed by atoms with Crippen LogP contribution in [0.4, 0.5) is 0 Å². The number of aliphatic hydroxyl groups is 4. The van der Waals surface area contributed by atoms with Gasteiger partial charge in [-0.25, -0.2) is 4.68 Å². The van der Waals surface area contributed by atoms with Crippen molar-refractivity contribution in [2.75, 3.05) is 6.61 Å². The van der Waals surface area contributed by atoms with Gasteiger partial charge in [0.2, 0.25) is 6.29 Å². The van der Waals surface area contributed by atoms with Crippen molar-refractivity contribution in [1.29, 1.82) is 0 Å². The Morgan fingerprint density at radius 1 is 0.938 bits per heavy atom. The van der Waals surface area contributed by atoms with Gasteiger partial charge in [-0.1, -0.05) is 40.6 Å². The zero-order chi connectivity index (χ0) is 22.2. The Hall–Kier alpha value is -3.42. The molecule has 1 aliphatic heterocycles. The van der Waals surface area contributed by atoms with Crippen molar-refractivity contribution in [3.8, 4) is 23.3 Å². The molecule has 0 bridgehead atoms. The van der Waals surface area contributed by atoms with Crippen LogP contribution < -0.4 is 4.74 Å². The lowest BCUT2D eigenvalue weighted by Crippen LogP contribution is -2.60. The minimum atomic E-state index is -1.60. The van der Waals surface area contributed by atoms with Gasteiger partial charge in [0.1, 0.15) is 24.4 Å². The van der Waals surface area contributed by atoms with Crippen molar-refractivity contribution in [1.82, 2.24) is 25.2 Å². The highest BCUT2D eigenvalue weighted by Gasteiger charge is 2.45. The highest BCUT2D eigenvalue weighted by atomic mass is 16.7. The molecule has 0 amide bonds. The van der Waals surface area contributed by atoms with Crippen molar-refractivity contribution in [3.63, 3.8) is 0 Å². The largest absolute Gasteiger partial charge is 0.417 e. The van der Waals surface area contributed by atoms with Crippen LogP contribution in [0.25, 0.3) is 28.0 Å². The molecule has 12 heteroatoms. The minimum Gasteiger partial charge on any atom is -0.416 e. The molecule has 5 atom stereocenters. The van der Waals surface area contributed by atoms with Gasteiger partial charge in [0.25, 0.3) is 5.89 Å². The molecule has 32 heavy (non-hydrogen) atoms. The molecule has 4 aromatic rings. The fraction of sp³-hybridized carbons (Fsp3) is 0.300. The maximum Gasteiger partial charge on any atom is 0.417 e. The Morgan fingerprint density at radius 3 is 2.56 bits per heavy atom. The van der Waals surface area contributed by atoms with Crippen LogP contribution in [0.1, 0.15) is 0 Å². The molecule has 0 saturated carbocycles. The first-order chi connectivity index (χ1) is 15.5. The third kappa shape index (κ3) is 3.70. The van der Waals surface area contributed by atoms with Crippen LogP contribution in [0.5, 0.6) is 6.08 Å². The van der Waals surface area contributed by atoms with Crippen molar-refractivity contribution in [3.05, 3.63) is 48.7 Å². The van der Waals surface area contributed by atoms with Gasteiger partial charge in [0, 0.05) is 0 Å². The van der Waals surface area contributed by atoms with E-state index in [1.54, 1.807) is 10.9 Å². The lowest BCUT2D eigenvalue weighted by atomic mass is 9.99. The normalized spacial score (nSPS) is 25.8. The Morgan fingerprint density at radius 2 is 1.75 bits per heavy atom. The maximum atomic E-state index is 10.1. The zero-order valence-electron chi connectivity index (χ0n) is 16.5. The van der Waals surface area contributed by atoms with E-state index in [-0.39, 0.29) is 17.7 Å². The minimum absolute atomic E-state index is 0.0108. The molecule has 1 saturated heterocycles. The van der Waals surface area contributed by atoms with Gasteiger partial charge in [-0.2, -0.15) is 0 Å². The number of nitrogens with zero attached hydrogens (tertiary/aromatic N) is 5. The molecule has 0 spiro atoms. The van der Waals surface area contributed by atoms with E-state index in [9.17, 15) is 20.4 Å². The quantitative estimate of drug-likeness (QED) is 0.319. The summed E-state index contributed by atoms with van der Waals surface area (Å²) in [5, 5.41) is 56.8. The van der Waals surface area contributed by atoms with E-state index < -0.39 is 37.3 Å². The summed E-state index contributed by atoms with van der Waals surface area (Å²) in [6, 6.07) is 13.8. The first-order valence-electron chi connectivity index (χ1n) is 9.76. The summed E-state index contributed by atoms with van der Waals surface area (Å²) in [4.78, 5) is 0. The summed E-state index contributed by atoms with van der Waals surface area (Å²) < 4.78 is 17.5. The Labute approximate surface area is 180 Å². The van der Waals surface area contributed by atoms with Crippen molar-refractivity contribution in [2.45, 2.75) is 30.7 Å². The van der Waals surface area contributed by atoms with Crippen LogP contribution in [-0.4, -0.2) is 82.9 Å². The molecule has 4 N–H and O–H groups in total. The summed E-state index contributed by atoms with van der Waals surface area (Å²) in [6.45, 7) is -0.586. The highest BCUT2D eigenvalue weighted by Crippen LogP contribution is 2.26. The fourth-order valence-electron chi connectivity index (χ4n) is 3.43. The summed E-state index contributed by atoms with van der Waals surface area (Å²) in [5.41, 5.74) is 1.08. The van der Waals surface area contributed by atoms with Gasteiger partial charge in [-0.15, -0.1) is 10.2 Å². The number of rotatable bonds is 5. The summed E-state index contributed by atoms with van der Waals surface area (Å²) >= 11 is 0. The third-order valence-corrected chi connectivity index (χ3v) is 5.18. The first kappa shape index (κ1) is 20.5. The van der Waals surface area contributed by atoms with Crippen LogP contribution >= 0.6 is 0 Å². The maximum absolute atomic E-state index is 10.1. The SMILES string of the molecule is OC[C@H]1O[C@@H](Oc2nnc(-c3cn(-c4ccc5ccccc5c4)nn3)o2)[C@H](O)[C@@H](O)[C@@H]1O. The number of hydrogen-bond acceptors (Lipinski definition) is 11. The average Bonchev–Trinajstić information content (AvgIpc) is 3.49. The Kier molecular flexibility index (Phi) is 5.28. The van der Waals surface area contributed by atoms with Crippen LogP contribution in [0.3, 0.4) is 0 Å². The number of aliphatic hydroxyl groups excluding tert-OH is 4. The fourth-order valence-corrected chi connectivity index (χ4v) is 3.43. The van der Waals surface area contributed by atoms with Crippen LogP contribution in [0, 0.1) is 0 Å². The van der Waals surface area contributed by atoms with E-state index in [1.807, 2.05) is 42.5 Å². The van der Waals surface area contributed by atoms with Crippen LogP contribution in [0.15, 0.2) is 53.1 Å². The lowest BCUT2D eigenvalue weighted by Gasteiger charge is -2.38. The molecule has 1 aliphatic rings. The summed E-state index contributed by atoms with van der Waals surface area (Å²) in [7, 11) is 0. The summed E-state index contributed by atoms with van der Waals surface area (Å²) in [6.07, 6.45) is -6.00. The number of aromatic nitrogens is 5. The van der Waals surface area contributed by atoms with Gasteiger partial charge < -0.3 is 34.3 Å². The molecule has 0 aliphatic carbocycles. The molecule has 12 nitrogen and oxygen atoms in total. The van der Waals surface area contributed by atoms with Crippen LogP contribution in [0.2, 0.25) is 0 Å². The van der Waals surface area contributed by atoms with Crippen molar-refractivity contribution >= 4 is 10.8 Å². The standard InChI is InChI=1S/C20H19N5O7/c26-9-14-15(27)16(28)17(29)19(30-14)32-20-23-22-18(31-20)13-8-25(24-21-13)12-6-5-10-3-1-2-4-11(10)7-12/h1-8,14-17,19,26-29H,9H2/t14-,15-,16+,17-,19+/m1/s1. The van der Waals surface area contributed by atoms with Crippen LogP contribution in [-0.2, 0) is 4.74 Å². The average molecular weight is 441 g/mol. The predicted molar refractivity (Wildman–Crippen MR) is 107 cm³/mol. The second kappa shape index (κ2) is 8.26. The molecule has 0 unspecified atom stereocenters. The van der Waals surface area contributed by atoms with E-state index in [2.05, 4.69) is 20.5 Å². The van der Waals surface area contributed by atoms with Gasteiger partial charge in [0.15, 0.2) is 5.69 Å². The van der Waals surface area contributed by atoms with Crippen molar-refractivity contribution in [2.24, 2.45) is 0 Å². The first-order valence-corrected chi connectivity index (χ1v) is 9.76. The molecule has 5 rings (SSSR count). The molecule has 2 aromatic heterocycles. The van der Waals surface area contributed by atoms with Gasteiger partial charge in [-0.05, 0) is 22.9 Å². The third-order valence-electron chi connectivity index (χ3n) is 5.18. The van der Waals surface area contributed by atoms with E-state index in [0.717, 1.165) is 16.5 Å². The Balaban J connectivity index is 1.33. The topological polar surface area (TPSA) is 169 Å². The van der Waals surface area contributed by atoms with E-state index in [4.69, 9.17) is 13.9 Å². The van der Waals surface area contributed by atoms with Crippen molar-refractivity contribution < 1.29 is 34.3 Å². The monoisotopic (exact) mass is 441 g/mol. The molecule has 0 radical (unpaired) electrons. The zero-order valence-corrected chi connectivity index (χ0v) is 16.5. The second-order valence-corrected chi connectivity index (χ2v) is 7.27. The molecule has 166 valence electrons. The number of fused-ring (bicyclic) bond motifs is 1. The smallest absolute Gasteiger partial charge is 0.416 e.